The number of hydrogen-bond donors (Lipinski definition) is 1. The lowest BCUT2D eigenvalue weighted by Crippen LogP contribution is -1.98. The zero-order chi connectivity index (χ0) is 13.5. The van der Waals surface area contributed by atoms with E-state index in [4.69, 9.17) is 0 Å². The first-order valence-corrected chi connectivity index (χ1v) is 6.53. The van der Waals surface area contributed by atoms with Crippen molar-refractivity contribution in [2.24, 2.45) is 0 Å². The lowest BCUT2D eigenvalue weighted by atomic mass is 9.97. The van der Waals surface area contributed by atoms with Gasteiger partial charge >= 0.3 is 0 Å². The highest BCUT2D eigenvalue weighted by atomic mass is 16.3. The minimum Gasteiger partial charge on any atom is -0.388 e. The van der Waals surface area contributed by atoms with Gasteiger partial charge in [0.05, 0.1) is 6.10 Å². The number of benzene rings is 1. The Morgan fingerprint density at radius 1 is 1.17 bits per heavy atom. The SMILES string of the molecule is C=C(CCC(O)c1ccccc1)CC(C)=C(C)C. The second-order valence-electron chi connectivity index (χ2n) is 5.17. The van der Waals surface area contributed by atoms with Gasteiger partial charge in [0.2, 0.25) is 0 Å². The second kappa shape index (κ2) is 7.17. The summed E-state index contributed by atoms with van der Waals surface area (Å²) >= 11 is 0. The van der Waals surface area contributed by atoms with Crippen LogP contribution >= 0.6 is 0 Å². The largest absolute Gasteiger partial charge is 0.388 e. The van der Waals surface area contributed by atoms with E-state index in [0.717, 1.165) is 24.8 Å². The van der Waals surface area contributed by atoms with Gasteiger partial charge in [0.1, 0.15) is 0 Å². The first-order chi connectivity index (χ1) is 8.50. The third-order valence-corrected chi connectivity index (χ3v) is 3.32. The van der Waals surface area contributed by atoms with E-state index in [-0.39, 0.29) is 6.10 Å². The van der Waals surface area contributed by atoms with Crippen LogP contribution in [0.1, 0.15) is 51.7 Å². The van der Waals surface area contributed by atoms with Crippen LogP contribution in [0.4, 0.5) is 0 Å². The van der Waals surface area contributed by atoms with E-state index >= 15 is 0 Å². The Bertz CT molecular complexity index is 410. The molecule has 0 radical (unpaired) electrons. The van der Waals surface area contributed by atoms with Crippen molar-refractivity contribution in [1.82, 2.24) is 0 Å². The maximum atomic E-state index is 10.1. The summed E-state index contributed by atoms with van der Waals surface area (Å²) in [4.78, 5) is 0. The van der Waals surface area contributed by atoms with Gasteiger partial charge in [-0.05, 0) is 45.6 Å². The number of aliphatic hydroxyl groups is 1. The van der Waals surface area contributed by atoms with E-state index in [0.29, 0.717) is 0 Å². The Balaban J connectivity index is 2.42. The first-order valence-electron chi connectivity index (χ1n) is 6.53. The maximum Gasteiger partial charge on any atom is 0.0793 e. The molecule has 98 valence electrons. The molecule has 0 saturated carbocycles. The van der Waals surface area contributed by atoms with E-state index in [1.165, 1.54) is 16.7 Å². The highest BCUT2D eigenvalue weighted by Crippen LogP contribution is 2.23. The van der Waals surface area contributed by atoms with E-state index < -0.39 is 0 Å². The molecule has 0 aromatic heterocycles. The molecular weight excluding hydrogens is 220 g/mol. The smallest absolute Gasteiger partial charge is 0.0793 e. The van der Waals surface area contributed by atoms with Crippen LogP contribution in [0.5, 0.6) is 0 Å². The molecule has 1 heteroatoms. The van der Waals surface area contributed by atoms with Gasteiger partial charge in [-0.2, -0.15) is 0 Å². The molecule has 0 heterocycles. The van der Waals surface area contributed by atoms with Gasteiger partial charge in [-0.25, -0.2) is 0 Å². The van der Waals surface area contributed by atoms with Gasteiger partial charge in [0.15, 0.2) is 0 Å². The quantitative estimate of drug-likeness (QED) is 0.712. The third-order valence-electron chi connectivity index (χ3n) is 3.32. The van der Waals surface area contributed by atoms with Gasteiger partial charge < -0.3 is 5.11 Å². The fourth-order valence-corrected chi connectivity index (χ4v) is 1.82. The summed E-state index contributed by atoms with van der Waals surface area (Å²) in [6, 6.07) is 9.82. The Hall–Kier alpha value is -1.34. The molecule has 1 nitrogen and oxygen atoms in total. The molecule has 0 amide bonds. The summed E-state index contributed by atoms with van der Waals surface area (Å²) < 4.78 is 0. The first kappa shape index (κ1) is 14.7. The van der Waals surface area contributed by atoms with Crippen LogP contribution in [0.25, 0.3) is 0 Å². The van der Waals surface area contributed by atoms with Crippen molar-refractivity contribution in [3.8, 4) is 0 Å². The molecule has 0 fully saturated rings. The molecule has 0 saturated heterocycles. The van der Waals surface area contributed by atoms with Gasteiger partial charge in [-0.3, -0.25) is 0 Å². The van der Waals surface area contributed by atoms with Crippen LogP contribution in [-0.2, 0) is 0 Å². The normalized spacial score (nSPS) is 12.0. The fraction of sp³-hybridized carbons (Fsp3) is 0.412. The topological polar surface area (TPSA) is 20.2 Å². The maximum absolute atomic E-state index is 10.1. The number of rotatable bonds is 6. The van der Waals surface area contributed by atoms with Gasteiger partial charge in [-0.15, -0.1) is 0 Å². The molecular formula is C17H24O. The molecule has 1 rings (SSSR count). The van der Waals surface area contributed by atoms with E-state index in [1.807, 2.05) is 30.3 Å². The average Bonchev–Trinajstić information content (AvgIpc) is 2.36. The minimum absolute atomic E-state index is 0.380. The minimum atomic E-state index is -0.380. The van der Waals surface area contributed by atoms with Crippen molar-refractivity contribution in [2.45, 2.75) is 46.1 Å². The summed E-state index contributed by atoms with van der Waals surface area (Å²) in [5.41, 5.74) is 4.93. The highest BCUT2D eigenvalue weighted by molar-refractivity contribution is 5.19. The van der Waals surface area contributed by atoms with Crippen LogP contribution in [0.3, 0.4) is 0 Å². The summed E-state index contributed by atoms with van der Waals surface area (Å²) in [7, 11) is 0. The molecule has 0 aliphatic heterocycles. The predicted octanol–water partition coefficient (Wildman–Crippen LogP) is 4.80. The molecule has 0 spiro atoms. The zero-order valence-electron chi connectivity index (χ0n) is 11.7. The highest BCUT2D eigenvalue weighted by Gasteiger charge is 2.07. The van der Waals surface area contributed by atoms with Crippen LogP contribution < -0.4 is 0 Å². The Labute approximate surface area is 111 Å². The molecule has 1 aromatic carbocycles. The van der Waals surface area contributed by atoms with E-state index in [2.05, 4.69) is 27.4 Å². The zero-order valence-corrected chi connectivity index (χ0v) is 11.7. The molecule has 18 heavy (non-hydrogen) atoms. The Morgan fingerprint density at radius 2 is 1.78 bits per heavy atom. The van der Waals surface area contributed by atoms with Crippen molar-refractivity contribution in [3.05, 3.63) is 59.2 Å². The lowest BCUT2D eigenvalue weighted by molar-refractivity contribution is 0.167. The third kappa shape index (κ3) is 4.89. The average molecular weight is 244 g/mol. The van der Waals surface area contributed by atoms with Crippen molar-refractivity contribution >= 4 is 0 Å². The van der Waals surface area contributed by atoms with Crippen LogP contribution in [0.15, 0.2) is 53.6 Å². The summed E-state index contributed by atoms with van der Waals surface area (Å²) in [5, 5.41) is 10.1. The number of aliphatic hydroxyl groups excluding tert-OH is 1. The summed E-state index contributed by atoms with van der Waals surface area (Å²) in [6.07, 6.45) is 2.19. The van der Waals surface area contributed by atoms with Crippen molar-refractivity contribution in [2.75, 3.05) is 0 Å². The number of allylic oxidation sites excluding steroid dienone is 3. The monoisotopic (exact) mass is 244 g/mol. The molecule has 1 atom stereocenters. The van der Waals surface area contributed by atoms with Gasteiger partial charge in [0, 0.05) is 0 Å². The van der Waals surface area contributed by atoms with E-state index in [1.54, 1.807) is 0 Å². The van der Waals surface area contributed by atoms with Crippen LogP contribution in [0.2, 0.25) is 0 Å². The summed E-state index contributed by atoms with van der Waals surface area (Å²) in [6.45, 7) is 10.5. The Kier molecular flexibility index (Phi) is 5.87. The molecule has 0 bridgehead atoms. The van der Waals surface area contributed by atoms with Gasteiger partial charge in [-0.1, -0.05) is 53.6 Å². The standard InChI is InChI=1S/C17H24O/c1-13(2)15(4)12-14(3)10-11-17(18)16-8-6-5-7-9-16/h5-9,17-18H,3,10-12H2,1-2,4H3. The number of hydrogen-bond acceptors (Lipinski definition) is 1. The van der Waals surface area contributed by atoms with Crippen molar-refractivity contribution < 1.29 is 5.11 Å². The molecule has 0 aliphatic carbocycles. The predicted molar refractivity (Wildman–Crippen MR) is 78.4 cm³/mol. The van der Waals surface area contributed by atoms with Crippen LogP contribution in [0, 0.1) is 0 Å². The van der Waals surface area contributed by atoms with Gasteiger partial charge in [0.25, 0.3) is 0 Å². The second-order valence-corrected chi connectivity index (χ2v) is 5.17. The Morgan fingerprint density at radius 3 is 2.33 bits per heavy atom. The summed E-state index contributed by atoms with van der Waals surface area (Å²) in [5.74, 6) is 0. The molecule has 1 N–H and O–H groups in total. The molecule has 1 unspecified atom stereocenters. The lowest BCUT2D eigenvalue weighted by Gasteiger charge is -2.13. The molecule has 0 aliphatic rings. The van der Waals surface area contributed by atoms with Crippen molar-refractivity contribution in [1.29, 1.82) is 0 Å². The fourth-order valence-electron chi connectivity index (χ4n) is 1.82. The van der Waals surface area contributed by atoms with Crippen LogP contribution in [-0.4, -0.2) is 5.11 Å². The van der Waals surface area contributed by atoms with Crippen molar-refractivity contribution in [3.63, 3.8) is 0 Å². The molecule has 1 aromatic rings. The van der Waals surface area contributed by atoms with E-state index in [9.17, 15) is 5.11 Å².